The van der Waals surface area contributed by atoms with E-state index in [4.69, 9.17) is 9.47 Å². The predicted molar refractivity (Wildman–Crippen MR) is 99.8 cm³/mol. The highest BCUT2D eigenvalue weighted by molar-refractivity contribution is 5.71. The summed E-state index contributed by atoms with van der Waals surface area (Å²) in [4.78, 5) is 12.3. The van der Waals surface area contributed by atoms with Gasteiger partial charge < -0.3 is 9.47 Å². The quantitative estimate of drug-likeness (QED) is 0.654. The number of hydrogen-bond donors (Lipinski definition) is 0. The van der Waals surface area contributed by atoms with Gasteiger partial charge in [0.25, 0.3) is 0 Å². The van der Waals surface area contributed by atoms with E-state index in [0.717, 1.165) is 25.0 Å². The molecule has 138 valence electrons. The number of hydrogen-bond acceptors (Lipinski definition) is 3. The summed E-state index contributed by atoms with van der Waals surface area (Å²) in [5, 5.41) is 0. The van der Waals surface area contributed by atoms with Crippen molar-refractivity contribution in [2.45, 2.75) is 72.3 Å². The van der Waals surface area contributed by atoms with Crippen LogP contribution >= 0.6 is 0 Å². The Morgan fingerprint density at radius 2 is 1.92 bits per heavy atom. The Balaban J connectivity index is 1.52. The van der Waals surface area contributed by atoms with E-state index < -0.39 is 0 Å². The van der Waals surface area contributed by atoms with E-state index in [1.807, 2.05) is 12.1 Å². The number of esters is 1. The number of benzene rings is 1. The van der Waals surface area contributed by atoms with Crippen LogP contribution in [-0.4, -0.2) is 18.7 Å². The standard InChI is InChI=1S/C22H32O3/c1-6-15(2)16-7-9-18(10-8-16)24-14-20(23)25-19-13-17-11-12-22(19,5)21(17,3)4/h7-10,15,17,19H,6,11-14H2,1-5H3. The Hall–Kier alpha value is -1.51. The van der Waals surface area contributed by atoms with Crippen LogP contribution < -0.4 is 4.74 Å². The summed E-state index contributed by atoms with van der Waals surface area (Å²) in [6.45, 7) is 11.3. The van der Waals surface area contributed by atoms with Crippen molar-refractivity contribution in [1.82, 2.24) is 0 Å². The molecule has 1 aromatic rings. The van der Waals surface area contributed by atoms with Crippen molar-refractivity contribution in [3.63, 3.8) is 0 Å². The molecule has 0 aliphatic heterocycles. The Morgan fingerprint density at radius 3 is 2.44 bits per heavy atom. The molecule has 2 aliphatic carbocycles. The molecule has 3 nitrogen and oxygen atoms in total. The first-order valence-corrected chi connectivity index (χ1v) is 9.70. The van der Waals surface area contributed by atoms with Crippen molar-refractivity contribution in [3.8, 4) is 5.75 Å². The zero-order chi connectivity index (χ0) is 18.2. The summed E-state index contributed by atoms with van der Waals surface area (Å²) in [6, 6.07) is 8.04. The summed E-state index contributed by atoms with van der Waals surface area (Å²) in [5.74, 6) is 1.69. The van der Waals surface area contributed by atoms with Crippen LogP contribution in [0.15, 0.2) is 24.3 Å². The fraction of sp³-hybridized carbons (Fsp3) is 0.682. The topological polar surface area (TPSA) is 35.5 Å². The van der Waals surface area contributed by atoms with Gasteiger partial charge >= 0.3 is 5.97 Å². The molecule has 0 heterocycles. The molecule has 2 saturated carbocycles. The van der Waals surface area contributed by atoms with Crippen LogP contribution in [0.5, 0.6) is 5.75 Å². The molecule has 4 atom stereocenters. The number of rotatable bonds is 6. The smallest absolute Gasteiger partial charge is 0.344 e. The molecule has 25 heavy (non-hydrogen) atoms. The number of carbonyl (C=O) groups is 1. The molecule has 3 rings (SSSR count). The van der Waals surface area contributed by atoms with Crippen LogP contribution in [-0.2, 0) is 9.53 Å². The minimum Gasteiger partial charge on any atom is -0.482 e. The highest BCUT2D eigenvalue weighted by Gasteiger charge is 2.62. The van der Waals surface area contributed by atoms with Gasteiger partial charge in [0.05, 0.1) is 0 Å². The zero-order valence-corrected chi connectivity index (χ0v) is 16.3. The van der Waals surface area contributed by atoms with E-state index in [0.29, 0.717) is 11.8 Å². The average molecular weight is 344 g/mol. The second-order valence-electron chi connectivity index (χ2n) is 8.76. The maximum Gasteiger partial charge on any atom is 0.344 e. The molecule has 1 aromatic carbocycles. The summed E-state index contributed by atoms with van der Waals surface area (Å²) in [5.41, 5.74) is 1.66. The number of carbonyl (C=O) groups excluding carboxylic acids is 1. The Morgan fingerprint density at radius 1 is 1.24 bits per heavy atom. The molecule has 0 aromatic heterocycles. The van der Waals surface area contributed by atoms with Crippen molar-refractivity contribution in [2.75, 3.05) is 6.61 Å². The van der Waals surface area contributed by atoms with Crippen LogP contribution in [0.25, 0.3) is 0 Å². The molecule has 2 bridgehead atoms. The lowest BCUT2D eigenvalue weighted by atomic mass is 9.70. The van der Waals surface area contributed by atoms with Crippen LogP contribution in [0.4, 0.5) is 0 Å². The Kier molecular flexibility index (Phi) is 4.87. The van der Waals surface area contributed by atoms with Gasteiger partial charge in [-0.3, -0.25) is 0 Å². The van der Waals surface area contributed by atoms with E-state index >= 15 is 0 Å². The van der Waals surface area contributed by atoms with Crippen LogP contribution in [0.3, 0.4) is 0 Å². The summed E-state index contributed by atoms with van der Waals surface area (Å²) >= 11 is 0. The fourth-order valence-corrected chi connectivity index (χ4v) is 4.77. The minimum absolute atomic E-state index is 0.0135. The van der Waals surface area contributed by atoms with Gasteiger partial charge in [0.1, 0.15) is 11.9 Å². The SMILES string of the molecule is CCC(C)c1ccc(OCC(=O)OC2CC3CCC2(C)C3(C)C)cc1. The molecule has 4 unspecified atom stereocenters. The molecule has 0 spiro atoms. The summed E-state index contributed by atoms with van der Waals surface area (Å²) < 4.78 is 11.5. The van der Waals surface area contributed by atoms with Crippen molar-refractivity contribution >= 4 is 5.97 Å². The second-order valence-corrected chi connectivity index (χ2v) is 8.76. The van der Waals surface area contributed by atoms with Crippen molar-refractivity contribution in [2.24, 2.45) is 16.7 Å². The van der Waals surface area contributed by atoms with Gasteiger partial charge in [-0.2, -0.15) is 0 Å². The largest absolute Gasteiger partial charge is 0.482 e. The van der Waals surface area contributed by atoms with Crippen LogP contribution in [0.2, 0.25) is 0 Å². The lowest BCUT2D eigenvalue weighted by Crippen LogP contribution is -2.39. The van der Waals surface area contributed by atoms with Crippen LogP contribution in [0, 0.1) is 16.7 Å². The van der Waals surface area contributed by atoms with Gasteiger partial charge in [-0.1, -0.05) is 46.8 Å². The molecule has 0 N–H and O–H groups in total. The van der Waals surface area contributed by atoms with Gasteiger partial charge in [-0.25, -0.2) is 4.79 Å². The second kappa shape index (κ2) is 6.66. The summed E-state index contributed by atoms with van der Waals surface area (Å²) in [7, 11) is 0. The molecule has 2 aliphatic rings. The molecular formula is C22H32O3. The third-order valence-corrected chi connectivity index (χ3v) is 7.41. The third-order valence-electron chi connectivity index (χ3n) is 7.41. The van der Waals surface area contributed by atoms with Crippen molar-refractivity contribution in [3.05, 3.63) is 29.8 Å². The molecular weight excluding hydrogens is 312 g/mol. The van der Waals surface area contributed by atoms with E-state index in [2.05, 4.69) is 46.8 Å². The van der Waals surface area contributed by atoms with Gasteiger partial charge in [0.2, 0.25) is 0 Å². The van der Waals surface area contributed by atoms with E-state index in [9.17, 15) is 4.79 Å². The third kappa shape index (κ3) is 3.18. The van der Waals surface area contributed by atoms with Crippen molar-refractivity contribution in [1.29, 1.82) is 0 Å². The number of ether oxygens (including phenoxy) is 2. The van der Waals surface area contributed by atoms with E-state index in [1.165, 1.54) is 12.0 Å². The molecule has 3 heteroatoms. The highest BCUT2D eigenvalue weighted by Crippen LogP contribution is 2.66. The maximum absolute atomic E-state index is 12.3. The van der Waals surface area contributed by atoms with Crippen LogP contribution in [0.1, 0.15) is 71.8 Å². The predicted octanol–water partition coefficient (Wildman–Crippen LogP) is 5.34. The normalized spacial score (nSPS) is 30.9. The van der Waals surface area contributed by atoms with Gasteiger partial charge in [-0.05, 0) is 60.6 Å². The molecule has 2 fully saturated rings. The first kappa shape index (κ1) is 18.3. The first-order valence-electron chi connectivity index (χ1n) is 9.70. The Bertz CT molecular complexity index is 619. The van der Waals surface area contributed by atoms with Crippen molar-refractivity contribution < 1.29 is 14.3 Å². The maximum atomic E-state index is 12.3. The fourth-order valence-electron chi connectivity index (χ4n) is 4.77. The van der Waals surface area contributed by atoms with Gasteiger partial charge in [0, 0.05) is 5.41 Å². The molecule has 0 radical (unpaired) electrons. The first-order chi connectivity index (χ1) is 11.8. The minimum atomic E-state index is -0.249. The number of fused-ring (bicyclic) bond motifs is 2. The highest BCUT2D eigenvalue weighted by atomic mass is 16.6. The zero-order valence-electron chi connectivity index (χ0n) is 16.3. The lowest BCUT2D eigenvalue weighted by molar-refractivity contribution is -0.159. The van der Waals surface area contributed by atoms with E-state index in [1.54, 1.807) is 0 Å². The van der Waals surface area contributed by atoms with E-state index in [-0.39, 0.29) is 29.5 Å². The summed E-state index contributed by atoms with van der Waals surface area (Å²) in [6.07, 6.45) is 4.56. The average Bonchev–Trinajstić information content (AvgIpc) is 2.93. The lowest BCUT2D eigenvalue weighted by Gasteiger charge is -2.38. The van der Waals surface area contributed by atoms with Gasteiger partial charge in [-0.15, -0.1) is 0 Å². The van der Waals surface area contributed by atoms with Gasteiger partial charge in [0.15, 0.2) is 6.61 Å². The molecule has 0 saturated heterocycles. The monoisotopic (exact) mass is 344 g/mol. The molecule has 0 amide bonds. The Labute approximate surface area is 152 Å².